The third-order valence-electron chi connectivity index (χ3n) is 3.80. The quantitative estimate of drug-likeness (QED) is 0.896. The minimum Gasteiger partial charge on any atom is -0.353 e. The van der Waals surface area contributed by atoms with Crippen molar-refractivity contribution in [3.63, 3.8) is 0 Å². The highest BCUT2D eigenvalue weighted by molar-refractivity contribution is 5.85. The molecule has 2 N–H and O–H groups in total. The normalized spacial score (nSPS) is 16.5. The molecule has 0 aliphatic carbocycles. The third-order valence-corrected chi connectivity index (χ3v) is 3.80. The second kappa shape index (κ2) is 7.42. The average Bonchev–Trinajstić information content (AvgIpc) is 2.92. The van der Waals surface area contributed by atoms with E-state index in [2.05, 4.69) is 27.9 Å². The molecule has 0 bridgehead atoms. The molecule has 1 aromatic carbocycles. The van der Waals surface area contributed by atoms with Crippen molar-refractivity contribution in [2.45, 2.75) is 32.5 Å². The first-order valence-corrected chi connectivity index (χ1v) is 7.29. The molecule has 1 amide bonds. The number of nitrogens with zero attached hydrogens (tertiary/aromatic N) is 2. The van der Waals surface area contributed by atoms with Crippen LogP contribution in [0, 0.1) is 6.92 Å². The Balaban J connectivity index is 0.00000176. The molecule has 0 fully saturated rings. The van der Waals surface area contributed by atoms with Gasteiger partial charge in [0.1, 0.15) is 0 Å². The molecule has 0 spiro atoms. The van der Waals surface area contributed by atoms with Crippen LogP contribution < -0.4 is 10.6 Å². The Bertz CT molecular complexity index is 641. The van der Waals surface area contributed by atoms with E-state index in [1.165, 1.54) is 11.1 Å². The Labute approximate surface area is 136 Å². The molecule has 1 aliphatic heterocycles. The van der Waals surface area contributed by atoms with Gasteiger partial charge >= 0.3 is 0 Å². The van der Waals surface area contributed by atoms with Crippen LogP contribution in [0.5, 0.6) is 0 Å². The van der Waals surface area contributed by atoms with E-state index in [9.17, 15) is 4.79 Å². The van der Waals surface area contributed by atoms with Gasteiger partial charge in [-0.05, 0) is 30.0 Å². The van der Waals surface area contributed by atoms with Crippen LogP contribution in [-0.4, -0.2) is 28.3 Å². The zero-order valence-corrected chi connectivity index (χ0v) is 13.4. The van der Waals surface area contributed by atoms with Crippen molar-refractivity contribution in [2.24, 2.45) is 0 Å². The number of carbonyl (C=O) groups excluding carboxylic acids is 1. The van der Waals surface area contributed by atoms with Crippen LogP contribution in [0.15, 0.2) is 36.7 Å². The second-order valence-corrected chi connectivity index (χ2v) is 5.48. The molecule has 1 unspecified atom stereocenters. The molecule has 2 heterocycles. The summed E-state index contributed by atoms with van der Waals surface area (Å²) in [5, 5.41) is 10.5. The molecule has 0 saturated carbocycles. The van der Waals surface area contributed by atoms with Gasteiger partial charge in [-0.15, -0.1) is 12.4 Å². The van der Waals surface area contributed by atoms with Gasteiger partial charge in [0.05, 0.1) is 18.8 Å². The van der Waals surface area contributed by atoms with Gasteiger partial charge in [0.2, 0.25) is 5.91 Å². The summed E-state index contributed by atoms with van der Waals surface area (Å²) in [6.45, 7) is 4.06. The van der Waals surface area contributed by atoms with Gasteiger partial charge in [-0.25, -0.2) is 0 Å². The van der Waals surface area contributed by atoms with Crippen LogP contribution in [0.25, 0.3) is 0 Å². The van der Waals surface area contributed by atoms with Crippen molar-refractivity contribution < 1.29 is 4.79 Å². The first kappa shape index (κ1) is 16.5. The van der Waals surface area contributed by atoms with Crippen molar-refractivity contribution >= 4 is 18.3 Å². The highest BCUT2D eigenvalue weighted by Gasteiger charge is 2.23. The summed E-state index contributed by atoms with van der Waals surface area (Å²) in [5.41, 5.74) is 3.68. The van der Waals surface area contributed by atoms with Gasteiger partial charge in [0.15, 0.2) is 0 Å². The van der Waals surface area contributed by atoms with Crippen LogP contribution in [-0.2, 0) is 24.3 Å². The van der Waals surface area contributed by atoms with Gasteiger partial charge in [0.25, 0.3) is 0 Å². The van der Waals surface area contributed by atoms with E-state index < -0.39 is 0 Å². The lowest BCUT2D eigenvalue weighted by atomic mass is 9.95. The highest BCUT2D eigenvalue weighted by Crippen LogP contribution is 2.16. The predicted molar refractivity (Wildman–Crippen MR) is 88.0 cm³/mol. The summed E-state index contributed by atoms with van der Waals surface area (Å²) >= 11 is 0. The number of halogens is 1. The number of nitrogens with one attached hydrogen (secondary N) is 2. The maximum Gasteiger partial charge on any atom is 0.237 e. The number of carbonyl (C=O) groups is 1. The fourth-order valence-corrected chi connectivity index (χ4v) is 2.65. The van der Waals surface area contributed by atoms with E-state index in [-0.39, 0.29) is 24.4 Å². The fourth-order valence-electron chi connectivity index (χ4n) is 2.65. The van der Waals surface area contributed by atoms with Crippen LogP contribution in [0.4, 0.5) is 0 Å². The lowest BCUT2D eigenvalue weighted by Gasteiger charge is -2.25. The molecular formula is C16H21ClN4O. The van der Waals surface area contributed by atoms with E-state index in [0.717, 1.165) is 18.5 Å². The Morgan fingerprint density at radius 3 is 2.91 bits per heavy atom. The van der Waals surface area contributed by atoms with E-state index in [1.54, 1.807) is 0 Å². The monoisotopic (exact) mass is 320 g/mol. The first-order valence-electron chi connectivity index (χ1n) is 7.29. The summed E-state index contributed by atoms with van der Waals surface area (Å²) in [5.74, 6) is 0.0633. The molecule has 0 radical (unpaired) electrons. The van der Waals surface area contributed by atoms with Gasteiger partial charge in [-0.3, -0.25) is 9.48 Å². The standard InChI is InChI=1S/C16H20N4O.ClH/c1-12-9-19-20(11-12)7-6-17-16(21)15-8-13-4-2-3-5-14(13)10-18-15;/h2-5,9,11,15,18H,6-8,10H2,1H3,(H,17,21);1H. The van der Waals surface area contributed by atoms with Crippen molar-refractivity contribution in [1.82, 2.24) is 20.4 Å². The molecule has 2 aromatic rings. The van der Waals surface area contributed by atoms with Crippen LogP contribution in [0.3, 0.4) is 0 Å². The van der Waals surface area contributed by atoms with Crippen molar-refractivity contribution in [3.05, 3.63) is 53.3 Å². The molecule has 1 aromatic heterocycles. The van der Waals surface area contributed by atoms with Crippen molar-refractivity contribution in [3.8, 4) is 0 Å². The Morgan fingerprint density at radius 2 is 2.18 bits per heavy atom. The Hall–Kier alpha value is -1.85. The van der Waals surface area contributed by atoms with Crippen LogP contribution >= 0.6 is 12.4 Å². The van der Waals surface area contributed by atoms with E-state index in [0.29, 0.717) is 13.1 Å². The summed E-state index contributed by atoms with van der Waals surface area (Å²) in [4.78, 5) is 12.2. The summed E-state index contributed by atoms with van der Waals surface area (Å²) < 4.78 is 1.85. The maximum absolute atomic E-state index is 12.2. The topological polar surface area (TPSA) is 59.0 Å². The molecule has 5 nitrogen and oxygen atoms in total. The molecule has 1 atom stereocenters. The first-order chi connectivity index (χ1) is 10.2. The SMILES string of the molecule is Cc1cnn(CCNC(=O)C2Cc3ccccc3CN2)c1.Cl. The zero-order chi connectivity index (χ0) is 14.7. The number of fused-ring (bicyclic) bond motifs is 1. The highest BCUT2D eigenvalue weighted by atomic mass is 35.5. The lowest BCUT2D eigenvalue weighted by molar-refractivity contribution is -0.123. The largest absolute Gasteiger partial charge is 0.353 e. The van der Waals surface area contributed by atoms with Crippen molar-refractivity contribution in [2.75, 3.05) is 6.54 Å². The molecule has 1 aliphatic rings. The maximum atomic E-state index is 12.2. The number of benzene rings is 1. The summed E-state index contributed by atoms with van der Waals surface area (Å²) in [6.07, 6.45) is 4.55. The molecule has 3 rings (SSSR count). The Morgan fingerprint density at radius 1 is 1.41 bits per heavy atom. The fraction of sp³-hybridized carbons (Fsp3) is 0.375. The van der Waals surface area contributed by atoms with E-state index in [4.69, 9.17) is 0 Å². The number of aromatic nitrogens is 2. The van der Waals surface area contributed by atoms with Gasteiger partial charge < -0.3 is 10.6 Å². The number of amides is 1. The number of rotatable bonds is 4. The van der Waals surface area contributed by atoms with Gasteiger partial charge in [0, 0.05) is 19.3 Å². The zero-order valence-electron chi connectivity index (χ0n) is 12.6. The smallest absolute Gasteiger partial charge is 0.237 e. The molecule has 22 heavy (non-hydrogen) atoms. The van der Waals surface area contributed by atoms with Crippen LogP contribution in [0.1, 0.15) is 16.7 Å². The summed E-state index contributed by atoms with van der Waals surface area (Å²) in [6, 6.07) is 8.13. The van der Waals surface area contributed by atoms with E-state index >= 15 is 0 Å². The molecular weight excluding hydrogens is 300 g/mol. The number of hydrogen-bond donors (Lipinski definition) is 2. The number of aryl methyl sites for hydroxylation is 1. The van der Waals surface area contributed by atoms with Crippen LogP contribution in [0.2, 0.25) is 0 Å². The minimum absolute atomic E-state index is 0. The third kappa shape index (κ3) is 3.87. The number of hydrogen-bond acceptors (Lipinski definition) is 3. The molecule has 0 saturated heterocycles. The minimum atomic E-state index is -0.140. The van der Waals surface area contributed by atoms with Crippen molar-refractivity contribution in [1.29, 1.82) is 0 Å². The van der Waals surface area contributed by atoms with Gasteiger partial charge in [-0.2, -0.15) is 5.10 Å². The summed E-state index contributed by atoms with van der Waals surface area (Å²) in [7, 11) is 0. The van der Waals surface area contributed by atoms with E-state index in [1.807, 2.05) is 36.1 Å². The second-order valence-electron chi connectivity index (χ2n) is 5.48. The van der Waals surface area contributed by atoms with Gasteiger partial charge in [-0.1, -0.05) is 24.3 Å². The molecule has 118 valence electrons. The molecule has 6 heteroatoms. The lowest BCUT2D eigenvalue weighted by Crippen LogP contribution is -2.48. The predicted octanol–water partition coefficient (Wildman–Crippen LogP) is 1.44. The average molecular weight is 321 g/mol. The Kier molecular flexibility index (Phi) is 5.57.